The molecule has 94 valence electrons. The lowest BCUT2D eigenvalue weighted by molar-refractivity contribution is 0.293. The van der Waals surface area contributed by atoms with Crippen LogP contribution in [0.2, 0.25) is 0 Å². The molecule has 0 saturated carbocycles. The van der Waals surface area contributed by atoms with E-state index in [0.29, 0.717) is 18.1 Å². The van der Waals surface area contributed by atoms with Gasteiger partial charge < -0.3 is 4.74 Å². The lowest BCUT2D eigenvalue weighted by Crippen LogP contribution is -1.98. The molecule has 1 aromatic carbocycles. The van der Waals surface area contributed by atoms with Gasteiger partial charge in [-0.3, -0.25) is 0 Å². The quantitative estimate of drug-likeness (QED) is 0.820. The van der Waals surface area contributed by atoms with Gasteiger partial charge in [-0.2, -0.15) is 0 Å². The number of hydrogen-bond acceptors (Lipinski definition) is 2. The van der Waals surface area contributed by atoms with Crippen molar-refractivity contribution in [3.05, 3.63) is 59.0 Å². The Balaban J connectivity index is 2.04. The van der Waals surface area contributed by atoms with Crippen molar-refractivity contribution < 1.29 is 9.13 Å². The van der Waals surface area contributed by atoms with Crippen LogP contribution in [-0.4, -0.2) is 4.98 Å². The second kappa shape index (κ2) is 5.63. The zero-order chi connectivity index (χ0) is 13.0. The Kier molecular flexibility index (Phi) is 3.92. The molecule has 2 rings (SSSR count). The highest BCUT2D eigenvalue weighted by molar-refractivity contribution is 5.25. The van der Waals surface area contributed by atoms with Gasteiger partial charge in [0.2, 0.25) is 5.88 Å². The molecule has 0 radical (unpaired) electrons. The lowest BCUT2D eigenvalue weighted by Gasteiger charge is -2.07. The van der Waals surface area contributed by atoms with Crippen molar-refractivity contribution in [2.45, 2.75) is 26.9 Å². The fourth-order valence-electron chi connectivity index (χ4n) is 1.70. The maximum Gasteiger partial charge on any atom is 0.213 e. The first kappa shape index (κ1) is 12.6. The molecule has 18 heavy (non-hydrogen) atoms. The summed E-state index contributed by atoms with van der Waals surface area (Å²) in [6.07, 6.45) is 2.69. The van der Waals surface area contributed by atoms with Gasteiger partial charge in [-0.1, -0.05) is 13.0 Å². The van der Waals surface area contributed by atoms with E-state index in [9.17, 15) is 4.39 Å². The van der Waals surface area contributed by atoms with Crippen LogP contribution in [0.4, 0.5) is 4.39 Å². The normalized spacial score (nSPS) is 10.4. The van der Waals surface area contributed by atoms with Gasteiger partial charge in [-0.05, 0) is 48.2 Å². The van der Waals surface area contributed by atoms with Crippen LogP contribution in [0.25, 0.3) is 0 Å². The minimum absolute atomic E-state index is 0.190. The van der Waals surface area contributed by atoms with Crippen molar-refractivity contribution in [3.63, 3.8) is 0 Å². The van der Waals surface area contributed by atoms with E-state index in [1.165, 1.54) is 11.6 Å². The Morgan fingerprint density at radius 2 is 2.00 bits per heavy atom. The van der Waals surface area contributed by atoms with Crippen LogP contribution in [0, 0.1) is 12.7 Å². The maximum atomic E-state index is 13.1. The van der Waals surface area contributed by atoms with Gasteiger partial charge in [0.05, 0.1) is 0 Å². The molecule has 1 aromatic heterocycles. The predicted molar refractivity (Wildman–Crippen MR) is 69.1 cm³/mol. The van der Waals surface area contributed by atoms with E-state index in [-0.39, 0.29) is 5.82 Å². The minimum Gasteiger partial charge on any atom is -0.473 e. The van der Waals surface area contributed by atoms with Crippen molar-refractivity contribution in [1.82, 2.24) is 4.98 Å². The SMILES string of the molecule is CCc1ccnc(OCc2ccc(F)c(C)c2)c1. The van der Waals surface area contributed by atoms with Crippen LogP contribution < -0.4 is 4.74 Å². The molecule has 0 aliphatic rings. The second-order valence-corrected chi connectivity index (χ2v) is 4.23. The second-order valence-electron chi connectivity index (χ2n) is 4.23. The Morgan fingerprint density at radius 1 is 1.17 bits per heavy atom. The molecule has 0 bridgehead atoms. The molecule has 0 N–H and O–H groups in total. The van der Waals surface area contributed by atoms with Crippen LogP contribution in [0.5, 0.6) is 5.88 Å². The molecule has 3 heteroatoms. The Labute approximate surface area is 106 Å². The van der Waals surface area contributed by atoms with Crippen LogP contribution >= 0.6 is 0 Å². The highest BCUT2D eigenvalue weighted by Crippen LogP contribution is 2.14. The Hall–Kier alpha value is -1.90. The van der Waals surface area contributed by atoms with E-state index in [2.05, 4.69) is 11.9 Å². The van der Waals surface area contributed by atoms with Gasteiger partial charge in [-0.15, -0.1) is 0 Å². The number of hydrogen-bond donors (Lipinski definition) is 0. The Bertz CT molecular complexity index is 540. The molecule has 0 unspecified atom stereocenters. The minimum atomic E-state index is -0.190. The van der Waals surface area contributed by atoms with Crippen molar-refractivity contribution in [3.8, 4) is 5.88 Å². The van der Waals surface area contributed by atoms with Gasteiger partial charge in [0, 0.05) is 12.3 Å². The zero-order valence-corrected chi connectivity index (χ0v) is 10.6. The first-order valence-corrected chi connectivity index (χ1v) is 6.02. The Morgan fingerprint density at radius 3 is 2.72 bits per heavy atom. The zero-order valence-electron chi connectivity index (χ0n) is 10.6. The van der Waals surface area contributed by atoms with E-state index in [1.807, 2.05) is 12.1 Å². The standard InChI is InChI=1S/C15H16FNO/c1-3-12-6-7-17-15(9-12)18-10-13-4-5-14(16)11(2)8-13/h4-9H,3,10H2,1-2H3. The highest BCUT2D eigenvalue weighted by atomic mass is 19.1. The van der Waals surface area contributed by atoms with Crippen molar-refractivity contribution in [2.75, 3.05) is 0 Å². The first-order valence-electron chi connectivity index (χ1n) is 6.02. The summed E-state index contributed by atoms with van der Waals surface area (Å²) < 4.78 is 18.7. The molecule has 0 aliphatic carbocycles. The smallest absolute Gasteiger partial charge is 0.213 e. The number of halogens is 1. The van der Waals surface area contributed by atoms with E-state index >= 15 is 0 Å². The topological polar surface area (TPSA) is 22.1 Å². The highest BCUT2D eigenvalue weighted by Gasteiger charge is 2.01. The predicted octanol–water partition coefficient (Wildman–Crippen LogP) is 3.67. The largest absolute Gasteiger partial charge is 0.473 e. The summed E-state index contributed by atoms with van der Waals surface area (Å²) in [6.45, 7) is 4.23. The van der Waals surface area contributed by atoms with Gasteiger partial charge >= 0.3 is 0 Å². The molecule has 0 aliphatic heterocycles. The number of pyridine rings is 1. The molecule has 0 saturated heterocycles. The van der Waals surface area contributed by atoms with Gasteiger partial charge in [0.1, 0.15) is 12.4 Å². The summed E-state index contributed by atoms with van der Waals surface area (Å²) in [5, 5.41) is 0. The molecule has 0 fully saturated rings. The molecule has 0 atom stereocenters. The van der Waals surface area contributed by atoms with Crippen molar-refractivity contribution in [1.29, 1.82) is 0 Å². The molecular weight excluding hydrogens is 229 g/mol. The monoisotopic (exact) mass is 245 g/mol. The summed E-state index contributed by atoms with van der Waals surface area (Å²) in [5.74, 6) is 0.418. The third-order valence-corrected chi connectivity index (χ3v) is 2.82. The van der Waals surface area contributed by atoms with Crippen molar-refractivity contribution >= 4 is 0 Å². The number of nitrogens with zero attached hydrogens (tertiary/aromatic N) is 1. The fourth-order valence-corrected chi connectivity index (χ4v) is 1.70. The van der Waals surface area contributed by atoms with Crippen LogP contribution in [0.1, 0.15) is 23.6 Å². The molecular formula is C15H16FNO. The van der Waals surface area contributed by atoms with E-state index in [0.717, 1.165) is 12.0 Å². The summed E-state index contributed by atoms with van der Waals surface area (Å²) in [4.78, 5) is 4.15. The number of aryl methyl sites for hydroxylation is 2. The summed E-state index contributed by atoms with van der Waals surface area (Å²) in [5.41, 5.74) is 2.76. The van der Waals surface area contributed by atoms with Gasteiger partial charge in [-0.25, -0.2) is 9.37 Å². The fraction of sp³-hybridized carbons (Fsp3) is 0.267. The van der Waals surface area contributed by atoms with E-state index in [1.54, 1.807) is 25.3 Å². The third-order valence-electron chi connectivity index (χ3n) is 2.82. The van der Waals surface area contributed by atoms with E-state index in [4.69, 9.17) is 4.74 Å². The summed E-state index contributed by atoms with van der Waals surface area (Å²) >= 11 is 0. The average Bonchev–Trinajstić information content (AvgIpc) is 2.40. The summed E-state index contributed by atoms with van der Waals surface area (Å²) in [7, 11) is 0. The van der Waals surface area contributed by atoms with E-state index < -0.39 is 0 Å². The molecule has 0 amide bonds. The maximum absolute atomic E-state index is 13.1. The molecule has 2 aromatic rings. The molecule has 1 heterocycles. The molecule has 2 nitrogen and oxygen atoms in total. The van der Waals surface area contributed by atoms with Gasteiger partial charge in [0.15, 0.2) is 0 Å². The summed E-state index contributed by atoms with van der Waals surface area (Å²) in [6, 6.07) is 8.88. The van der Waals surface area contributed by atoms with Crippen molar-refractivity contribution in [2.24, 2.45) is 0 Å². The van der Waals surface area contributed by atoms with Crippen LogP contribution in [0.3, 0.4) is 0 Å². The third kappa shape index (κ3) is 3.06. The number of benzene rings is 1. The van der Waals surface area contributed by atoms with Crippen LogP contribution in [-0.2, 0) is 13.0 Å². The van der Waals surface area contributed by atoms with Crippen LogP contribution in [0.15, 0.2) is 36.5 Å². The first-order chi connectivity index (χ1) is 8.69. The van der Waals surface area contributed by atoms with Gasteiger partial charge in [0.25, 0.3) is 0 Å². The molecule has 0 spiro atoms. The number of rotatable bonds is 4. The number of ether oxygens (including phenoxy) is 1. The lowest BCUT2D eigenvalue weighted by atomic mass is 10.1. The number of aromatic nitrogens is 1. The average molecular weight is 245 g/mol.